The lowest BCUT2D eigenvalue weighted by Crippen LogP contribution is -2.07. The molecule has 0 atom stereocenters. The minimum Gasteiger partial charge on any atom is -0.357 e. The number of rotatable bonds is 7. The zero-order chi connectivity index (χ0) is 16.8. The maximum absolute atomic E-state index is 12.4. The van der Waals surface area contributed by atoms with Gasteiger partial charge in [-0.1, -0.05) is 43.4 Å². The van der Waals surface area contributed by atoms with Crippen LogP contribution in [0.1, 0.15) is 66.0 Å². The van der Waals surface area contributed by atoms with Crippen LogP contribution in [0.5, 0.6) is 0 Å². The van der Waals surface area contributed by atoms with E-state index in [1.54, 1.807) is 25.5 Å². The molecule has 0 aromatic carbocycles. The highest BCUT2D eigenvalue weighted by Crippen LogP contribution is 2.28. The van der Waals surface area contributed by atoms with E-state index in [9.17, 15) is 4.79 Å². The fourth-order valence-electron chi connectivity index (χ4n) is 3.15. The molecule has 2 aromatic heterocycles. The van der Waals surface area contributed by atoms with E-state index in [1.807, 2.05) is 0 Å². The number of hydrogen-bond donors (Lipinski definition) is 1. The fourth-order valence-corrected chi connectivity index (χ4v) is 3.90. The van der Waals surface area contributed by atoms with Gasteiger partial charge >= 0.3 is 0 Å². The van der Waals surface area contributed by atoms with Crippen LogP contribution in [0.3, 0.4) is 0 Å². The second kappa shape index (κ2) is 8.33. The first kappa shape index (κ1) is 17.0. The molecule has 0 unspecified atom stereocenters. The number of nitrogens with one attached hydrogen (secondary N) is 1. The number of carbonyl (C=O) groups is 1. The van der Waals surface area contributed by atoms with E-state index in [2.05, 4.69) is 26.8 Å². The number of anilines is 1. The molecule has 1 saturated carbocycles. The van der Waals surface area contributed by atoms with Gasteiger partial charge in [0.2, 0.25) is 5.78 Å². The summed E-state index contributed by atoms with van der Waals surface area (Å²) < 4.78 is 0. The van der Waals surface area contributed by atoms with Gasteiger partial charge in [0.25, 0.3) is 0 Å². The molecular formula is C18H23N4OS. The molecule has 1 radical (unpaired) electrons. The Balaban J connectivity index is 1.48. The zero-order valence-corrected chi connectivity index (χ0v) is 14.8. The zero-order valence-electron chi connectivity index (χ0n) is 14.0. The number of aromatic nitrogens is 3. The van der Waals surface area contributed by atoms with Crippen molar-refractivity contribution >= 4 is 22.3 Å². The molecule has 0 bridgehead atoms. The lowest BCUT2D eigenvalue weighted by molar-refractivity contribution is 0.103. The average molecular weight is 343 g/mol. The van der Waals surface area contributed by atoms with Crippen molar-refractivity contribution in [3.63, 3.8) is 0 Å². The molecule has 1 N–H and O–H groups in total. The summed E-state index contributed by atoms with van der Waals surface area (Å²) in [7, 11) is 0. The summed E-state index contributed by atoms with van der Waals surface area (Å²) in [5, 5.41) is 3.97. The first-order chi connectivity index (χ1) is 11.7. The number of hydrogen-bond acceptors (Lipinski definition) is 6. The van der Waals surface area contributed by atoms with E-state index in [0.29, 0.717) is 16.3 Å². The van der Waals surface area contributed by atoms with Crippen LogP contribution < -0.4 is 5.32 Å². The number of thiazole rings is 1. The standard InChI is InChI=1S/C18H23N4OS/c1-13-16(20-11-10-19-13)17(23)15-12-22-18(24-15)21-9-5-8-14-6-3-2-4-7-14/h9-12,14H,2-8H2,1H3,(H,21,22). The maximum Gasteiger partial charge on any atom is 0.224 e. The van der Waals surface area contributed by atoms with E-state index < -0.39 is 0 Å². The first-order valence-corrected chi connectivity index (χ1v) is 9.42. The van der Waals surface area contributed by atoms with Gasteiger partial charge in [0.15, 0.2) is 5.13 Å². The second-order valence-electron chi connectivity index (χ2n) is 6.28. The van der Waals surface area contributed by atoms with Gasteiger partial charge in [0, 0.05) is 18.9 Å². The molecule has 127 valence electrons. The molecule has 1 aliphatic carbocycles. The van der Waals surface area contributed by atoms with Gasteiger partial charge in [0.1, 0.15) is 5.69 Å². The third-order valence-electron chi connectivity index (χ3n) is 4.50. The Bertz CT molecular complexity index is 679. The SMILES string of the molecule is Cc1nccnc1C(=O)c1cnc(N[CH]CCC2CCCCC2)s1. The summed E-state index contributed by atoms with van der Waals surface area (Å²) in [4.78, 5) is 25.6. The van der Waals surface area contributed by atoms with E-state index >= 15 is 0 Å². The maximum atomic E-state index is 12.4. The van der Waals surface area contributed by atoms with Crippen molar-refractivity contribution in [2.24, 2.45) is 5.92 Å². The molecule has 2 aromatic rings. The summed E-state index contributed by atoms with van der Waals surface area (Å²) in [6.45, 7) is 3.86. The van der Waals surface area contributed by atoms with Crippen molar-refractivity contribution in [2.45, 2.75) is 51.9 Å². The lowest BCUT2D eigenvalue weighted by atomic mass is 9.86. The fraction of sp³-hybridized carbons (Fsp3) is 0.500. The molecule has 0 aliphatic heterocycles. The lowest BCUT2D eigenvalue weighted by Gasteiger charge is -2.21. The second-order valence-corrected chi connectivity index (χ2v) is 7.31. The van der Waals surface area contributed by atoms with Crippen LogP contribution in [0.2, 0.25) is 0 Å². The molecule has 6 heteroatoms. The molecule has 0 spiro atoms. The van der Waals surface area contributed by atoms with Gasteiger partial charge in [-0.2, -0.15) is 0 Å². The average Bonchev–Trinajstić information content (AvgIpc) is 3.08. The van der Waals surface area contributed by atoms with Crippen LogP contribution in [0.4, 0.5) is 5.13 Å². The van der Waals surface area contributed by atoms with Crippen LogP contribution in [-0.4, -0.2) is 20.7 Å². The quantitative estimate of drug-likeness (QED) is 0.596. The molecule has 0 saturated heterocycles. The van der Waals surface area contributed by atoms with Gasteiger partial charge < -0.3 is 5.32 Å². The number of nitrogens with zero attached hydrogens (tertiary/aromatic N) is 3. The van der Waals surface area contributed by atoms with Gasteiger partial charge in [-0.3, -0.25) is 9.78 Å². The summed E-state index contributed by atoms with van der Waals surface area (Å²) in [6.07, 6.45) is 13.9. The highest BCUT2D eigenvalue weighted by molar-refractivity contribution is 7.17. The predicted molar refractivity (Wildman–Crippen MR) is 96.0 cm³/mol. The Morgan fingerprint density at radius 2 is 2.04 bits per heavy atom. The number of aryl methyl sites for hydroxylation is 1. The van der Waals surface area contributed by atoms with Crippen molar-refractivity contribution in [1.82, 2.24) is 15.0 Å². The Kier molecular flexibility index (Phi) is 5.91. The van der Waals surface area contributed by atoms with Crippen LogP contribution in [-0.2, 0) is 0 Å². The van der Waals surface area contributed by atoms with E-state index in [0.717, 1.165) is 17.5 Å². The molecule has 1 fully saturated rings. The summed E-state index contributed by atoms with van der Waals surface area (Å²) >= 11 is 1.36. The van der Waals surface area contributed by atoms with E-state index in [-0.39, 0.29) is 5.78 Å². The molecule has 2 heterocycles. The van der Waals surface area contributed by atoms with Crippen LogP contribution in [0.25, 0.3) is 0 Å². The van der Waals surface area contributed by atoms with Crippen molar-refractivity contribution in [1.29, 1.82) is 0 Å². The van der Waals surface area contributed by atoms with Gasteiger partial charge in [0.05, 0.1) is 16.8 Å². The van der Waals surface area contributed by atoms with Crippen LogP contribution in [0, 0.1) is 19.4 Å². The van der Waals surface area contributed by atoms with Crippen LogP contribution >= 0.6 is 11.3 Å². The third kappa shape index (κ3) is 4.38. The minimum absolute atomic E-state index is 0.117. The molecule has 3 rings (SSSR count). The Hall–Kier alpha value is -1.82. The normalized spacial score (nSPS) is 15.4. The summed E-state index contributed by atoms with van der Waals surface area (Å²) in [5.74, 6) is 0.762. The van der Waals surface area contributed by atoms with Gasteiger partial charge in [-0.15, -0.1) is 0 Å². The molecule has 5 nitrogen and oxygen atoms in total. The predicted octanol–water partition coefficient (Wildman–Crippen LogP) is 4.41. The molecule has 1 aliphatic rings. The highest BCUT2D eigenvalue weighted by atomic mass is 32.1. The van der Waals surface area contributed by atoms with Crippen molar-refractivity contribution in [3.8, 4) is 0 Å². The number of carbonyl (C=O) groups excluding carboxylic acids is 1. The molecule has 0 amide bonds. The van der Waals surface area contributed by atoms with Crippen molar-refractivity contribution in [2.75, 3.05) is 5.32 Å². The van der Waals surface area contributed by atoms with Crippen molar-refractivity contribution < 1.29 is 4.79 Å². The van der Waals surface area contributed by atoms with Crippen LogP contribution in [0.15, 0.2) is 18.6 Å². The number of ketones is 1. The summed E-state index contributed by atoms with van der Waals surface area (Å²) in [6, 6.07) is 0. The first-order valence-electron chi connectivity index (χ1n) is 8.60. The van der Waals surface area contributed by atoms with E-state index in [4.69, 9.17) is 0 Å². The van der Waals surface area contributed by atoms with E-state index in [1.165, 1.54) is 49.9 Å². The smallest absolute Gasteiger partial charge is 0.224 e. The Labute approximate surface area is 147 Å². The third-order valence-corrected chi connectivity index (χ3v) is 5.42. The monoisotopic (exact) mass is 343 g/mol. The molecule has 24 heavy (non-hydrogen) atoms. The van der Waals surface area contributed by atoms with Crippen molar-refractivity contribution in [3.05, 3.63) is 41.4 Å². The largest absolute Gasteiger partial charge is 0.357 e. The highest BCUT2D eigenvalue weighted by Gasteiger charge is 2.17. The Morgan fingerprint density at radius 1 is 1.25 bits per heavy atom. The van der Waals surface area contributed by atoms with Gasteiger partial charge in [-0.25, -0.2) is 9.97 Å². The molecular weight excluding hydrogens is 320 g/mol. The summed E-state index contributed by atoms with van der Waals surface area (Å²) in [5.41, 5.74) is 1.04. The minimum atomic E-state index is -0.117. The topological polar surface area (TPSA) is 67.8 Å². The van der Waals surface area contributed by atoms with Gasteiger partial charge in [-0.05, 0) is 25.7 Å². The Morgan fingerprint density at radius 3 is 2.83 bits per heavy atom.